The lowest BCUT2D eigenvalue weighted by atomic mass is 10.0. The molecule has 2 rings (SSSR count). The Hall–Kier alpha value is -2.09. The van der Waals surface area contributed by atoms with Gasteiger partial charge < -0.3 is 18.9 Å². The smallest absolute Gasteiger partial charge is 0.409 e. The van der Waals surface area contributed by atoms with Gasteiger partial charge in [-0.2, -0.15) is 0 Å². The van der Waals surface area contributed by atoms with Crippen LogP contribution < -0.4 is 0 Å². The third-order valence-electron chi connectivity index (χ3n) is 4.08. The summed E-state index contributed by atoms with van der Waals surface area (Å²) in [6.45, 7) is 4.28. The van der Waals surface area contributed by atoms with Gasteiger partial charge in [0.1, 0.15) is 5.56 Å². The molecule has 0 unspecified atom stereocenters. The van der Waals surface area contributed by atoms with E-state index in [4.69, 9.17) is 14.0 Å². The van der Waals surface area contributed by atoms with E-state index in [9.17, 15) is 9.59 Å². The van der Waals surface area contributed by atoms with Crippen molar-refractivity contribution in [2.75, 3.05) is 33.9 Å². The van der Waals surface area contributed by atoms with Crippen molar-refractivity contribution >= 4 is 12.1 Å². The zero-order chi connectivity index (χ0) is 16.8. The van der Waals surface area contributed by atoms with Gasteiger partial charge in [0.25, 0.3) is 0 Å². The SMILES string of the molecule is CCOC(=O)N(C)C1CCN(Cc2oncc2C(=O)OC)CC1. The van der Waals surface area contributed by atoms with Crippen LogP contribution in [-0.4, -0.2) is 66.9 Å². The maximum Gasteiger partial charge on any atom is 0.409 e. The van der Waals surface area contributed by atoms with Crippen LogP contribution in [0.2, 0.25) is 0 Å². The van der Waals surface area contributed by atoms with Crippen LogP contribution in [0.1, 0.15) is 35.9 Å². The van der Waals surface area contributed by atoms with E-state index in [0.717, 1.165) is 25.9 Å². The summed E-state index contributed by atoms with van der Waals surface area (Å²) in [6, 6.07) is 0.167. The number of rotatable bonds is 5. The maximum absolute atomic E-state index is 11.7. The number of methoxy groups -OCH3 is 1. The molecule has 0 bridgehead atoms. The van der Waals surface area contributed by atoms with Crippen LogP contribution in [0.25, 0.3) is 0 Å². The Kier molecular flexibility index (Phi) is 5.97. The first-order chi connectivity index (χ1) is 11.1. The molecule has 1 aliphatic rings. The Bertz CT molecular complexity index is 537. The number of hydrogen-bond acceptors (Lipinski definition) is 7. The summed E-state index contributed by atoms with van der Waals surface area (Å²) in [5.74, 6) is 0.0622. The van der Waals surface area contributed by atoms with Crippen LogP contribution in [0.15, 0.2) is 10.7 Å². The number of amides is 1. The van der Waals surface area contributed by atoms with Crippen molar-refractivity contribution in [3.63, 3.8) is 0 Å². The lowest BCUT2D eigenvalue weighted by molar-refractivity contribution is 0.0590. The van der Waals surface area contributed by atoms with Crippen LogP contribution in [-0.2, 0) is 16.0 Å². The van der Waals surface area contributed by atoms with E-state index in [0.29, 0.717) is 24.5 Å². The highest BCUT2D eigenvalue weighted by molar-refractivity contribution is 5.89. The third kappa shape index (κ3) is 4.22. The minimum atomic E-state index is -0.446. The summed E-state index contributed by atoms with van der Waals surface area (Å²) in [7, 11) is 3.10. The van der Waals surface area contributed by atoms with Gasteiger partial charge in [-0.3, -0.25) is 4.90 Å². The molecule has 8 nitrogen and oxygen atoms in total. The largest absolute Gasteiger partial charge is 0.465 e. The number of carbonyl (C=O) groups excluding carboxylic acids is 2. The normalized spacial score (nSPS) is 16.1. The lowest BCUT2D eigenvalue weighted by Crippen LogP contribution is -2.45. The summed E-state index contributed by atoms with van der Waals surface area (Å²) in [5.41, 5.74) is 0.360. The number of nitrogens with zero attached hydrogens (tertiary/aromatic N) is 3. The molecule has 1 aromatic heterocycles. The molecule has 23 heavy (non-hydrogen) atoms. The maximum atomic E-state index is 11.7. The molecule has 8 heteroatoms. The monoisotopic (exact) mass is 325 g/mol. The van der Waals surface area contributed by atoms with E-state index in [1.54, 1.807) is 18.9 Å². The molecule has 0 radical (unpaired) electrons. The van der Waals surface area contributed by atoms with E-state index < -0.39 is 5.97 Å². The molecular formula is C15H23N3O5. The number of esters is 1. The fourth-order valence-corrected chi connectivity index (χ4v) is 2.70. The molecule has 128 valence electrons. The molecule has 0 saturated carbocycles. The van der Waals surface area contributed by atoms with Gasteiger partial charge in [0.05, 0.1) is 26.5 Å². The molecular weight excluding hydrogens is 302 g/mol. The predicted octanol–water partition coefficient (Wildman–Crippen LogP) is 1.51. The second-order valence-corrected chi connectivity index (χ2v) is 5.47. The van der Waals surface area contributed by atoms with Gasteiger partial charge >= 0.3 is 12.1 Å². The first-order valence-corrected chi connectivity index (χ1v) is 7.70. The predicted molar refractivity (Wildman–Crippen MR) is 80.9 cm³/mol. The van der Waals surface area contributed by atoms with Crippen molar-refractivity contribution < 1.29 is 23.6 Å². The molecule has 2 heterocycles. The summed E-state index contributed by atoms with van der Waals surface area (Å²) >= 11 is 0. The van der Waals surface area contributed by atoms with E-state index in [1.165, 1.54) is 13.3 Å². The van der Waals surface area contributed by atoms with Crippen LogP contribution >= 0.6 is 0 Å². The molecule has 0 atom stereocenters. The fourth-order valence-electron chi connectivity index (χ4n) is 2.70. The highest BCUT2D eigenvalue weighted by Gasteiger charge is 2.27. The van der Waals surface area contributed by atoms with Crippen molar-refractivity contribution in [2.24, 2.45) is 0 Å². The molecule has 1 aliphatic heterocycles. The number of hydrogen-bond donors (Lipinski definition) is 0. The Morgan fingerprint density at radius 3 is 2.74 bits per heavy atom. The van der Waals surface area contributed by atoms with Gasteiger partial charge in [-0.25, -0.2) is 9.59 Å². The van der Waals surface area contributed by atoms with Crippen LogP contribution in [0, 0.1) is 0 Å². The van der Waals surface area contributed by atoms with Gasteiger partial charge in [-0.05, 0) is 19.8 Å². The first kappa shape index (κ1) is 17.3. The Morgan fingerprint density at radius 1 is 1.43 bits per heavy atom. The third-order valence-corrected chi connectivity index (χ3v) is 4.08. The van der Waals surface area contributed by atoms with E-state index in [2.05, 4.69) is 10.1 Å². The molecule has 1 fully saturated rings. The zero-order valence-electron chi connectivity index (χ0n) is 13.8. The molecule has 1 amide bonds. The minimum absolute atomic E-state index is 0.167. The highest BCUT2D eigenvalue weighted by atomic mass is 16.6. The average Bonchev–Trinajstić information content (AvgIpc) is 3.02. The van der Waals surface area contributed by atoms with E-state index >= 15 is 0 Å². The average molecular weight is 325 g/mol. The van der Waals surface area contributed by atoms with E-state index in [-0.39, 0.29) is 12.1 Å². The zero-order valence-corrected chi connectivity index (χ0v) is 13.8. The van der Waals surface area contributed by atoms with Gasteiger partial charge in [-0.15, -0.1) is 0 Å². The second-order valence-electron chi connectivity index (χ2n) is 5.47. The number of aromatic nitrogens is 1. The van der Waals surface area contributed by atoms with Crippen LogP contribution in [0.4, 0.5) is 4.79 Å². The molecule has 1 saturated heterocycles. The van der Waals surface area contributed by atoms with Crippen molar-refractivity contribution in [1.29, 1.82) is 0 Å². The summed E-state index contributed by atoms with van der Waals surface area (Å²) in [5, 5.41) is 3.67. The van der Waals surface area contributed by atoms with E-state index in [1.807, 2.05) is 0 Å². The van der Waals surface area contributed by atoms with Gasteiger partial charge in [-0.1, -0.05) is 5.16 Å². The molecule has 0 aliphatic carbocycles. The molecule has 0 N–H and O–H groups in total. The Balaban J connectivity index is 1.87. The van der Waals surface area contributed by atoms with Crippen molar-refractivity contribution in [3.8, 4) is 0 Å². The lowest BCUT2D eigenvalue weighted by Gasteiger charge is -2.35. The number of ether oxygens (including phenoxy) is 2. The second kappa shape index (κ2) is 7.96. The minimum Gasteiger partial charge on any atom is -0.465 e. The molecule has 0 spiro atoms. The van der Waals surface area contributed by atoms with Crippen LogP contribution in [0.3, 0.4) is 0 Å². The van der Waals surface area contributed by atoms with Gasteiger partial charge in [0.15, 0.2) is 5.76 Å². The molecule has 1 aromatic rings. The summed E-state index contributed by atoms with van der Waals surface area (Å²) in [4.78, 5) is 27.2. The Morgan fingerprint density at radius 2 is 2.13 bits per heavy atom. The van der Waals surface area contributed by atoms with Crippen molar-refractivity contribution in [2.45, 2.75) is 32.4 Å². The quantitative estimate of drug-likeness (QED) is 0.759. The van der Waals surface area contributed by atoms with Crippen LogP contribution in [0.5, 0.6) is 0 Å². The number of likely N-dealkylation sites (tertiary alicyclic amines) is 1. The Labute approximate surface area is 135 Å². The van der Waals surface area contributed by atoms with Gasteiger partial charge in [0, 0.05) is 26.2 Å². The van der Waals surface area contributed by atoms with Gasteiger partial charge in [0.2, 0.25) is 0 Å². The number of carbonyl (C=O) groups is 2. The first-order valence-electron chi connectivity index (χ1n) is 7.70. The summed E-state index contributed by atoms with van der Waals surface area (Å²) in [6.07, 6.45) is 2.78. The summed E-state index contributed by atoms with van der Waals surface area (Å²) < 4.78 is 14.9. The highest BCUT2D eigenvalue weighted by Crippen LogP contribution is 2.20. The molecule has 0 aromatic carbocycles. The van der Waals surface area contributed by atoms with Crippen molar-refractivity contribution in [3.05, 3.63) is 17.5 Å². The fraction of sp³-hybridized carbons (Fsp3) is 0.667. The van der Waals surface area contributed by atoms with Crippen molar-refractivity contribution in [1.82, 2.24) is 15.0 Å². The standard InChI is InChI=1S/C15H23N3O5/c1-4-22-15(20)17(2)11-5-7-18(8-6-11)10-13-12(9-16-23-13)14(19)21-3/h9,11H,4-8,10H2,1-3H3. The number of piperidine rings is 1. The topological polar surface area (TPSA) is 85.1 Å².